The Morgan fingerprint density at radius 2 is 2.06 bits per heavy atom. The number of hydrazone groups is 1. The second-order valence-corrected chi connectivity index (χ2v) is 5.22. The number of hydrogen-bond acceptors (Lipinski definition) is 3. The topological polar surface area (TPSA) is 67.5 Å². The first-order valence-corrected chi connectivity index (χ1v) is 5.65. The van der Waals surface area contributed by atoms with Gasteiger partial charge in [-0.1, -0.05) is 15.9 Å². The Balaban J connectivity index is 2.50. The molecule has 1 aliphatic heterocycles. The van der Waals surface area contributed by atoms with Crippen LogP contribution in [0.5, 0.6) is 0 Å². The number of nitrogen functional groups attached to an aromatic ring is 1. The van der Waals surface area contributed by atoms with Crippen LogP contribution in [0.15, 0.2) is 27.8 Å². The molecule has 0 saturated carbocycles. The largest absolute Gasteiger partial charge is 0.399 e. The van der Waals surface area contributed by atoms with Crippen LogP contribution in [0, 0.1) is 5.41 Å². The summed E-state index contributed by atoms with van der Waals surface area (Å²) in [6.07, 6.45) is 0. The number of anilines is 1. The second-order valence-electron chi connectivity index (χ2n) is 4.30. The van der Waals surface area contributed by atoms with Gasteiger partial charge in [0.2, 0.25) is 0 Å². The van der Waals surface area contributed by atoms with Crippen LogP contribution < -0.4 is 11.2 Å². The molecule has 0 atom stereocenters. The zero-order valence-corrected chi connectivity index (χ0v) is 10.6. The zero-order chi connectivity index (χ0) is 11.9. The molecule has 3 N–H and O–H groups in total. The molecule has 1 heterocycles. The Bertz CT molecular complexity index is 474. The lowest BCUT2D eigenvalue weighted by Gasteiger charge is -2.17. The van der Waals surface area contributed by atoms with Crippen molar-refractivity contribution in [3.8, 4) is 0 Å². The van der Waals surface area contributed by atoms with Crippen molar-refractivity contribution in [3.05, 3.63) is 28.2 Å². The zero-order valence-electron chi connectivity index (χ0n) is 9.04. The molecule has 84 valence electrons. The predicted molar refractivity (Wildman–Crippen MR) is 67.0 cm³/mol. The van der Waals surface area contributed by atoms with Crippen LogP contribution in [0.25, 0.3) is 0 Å². The number of nitrogens with one attached hydrogen (secondary N) is 1. The van der Waals surface area contributed by atoms with Gasteiger partial charge >= 0.3 is 0 Å². The molecular formula is C11H12BrN3O. The molecule has 0 saturated heterocycles. The first-order valence-electron chi connectivity index (χ1n) is 4.86. The predicted octanol–water partition coefficient (Wildman–Crippen LogP) is 1.89. The molecule has 4 nitrogen and oxygen atoms in total. The first-order chi connectivity index (χ1) is 7.41. The quantitative estimate of drug-likeness (QED) is 0.772. The van der Waals surface area contributed by atoms with E-state index in [0.29, 0.717) is 11.4 Å². The Morgan fingerprint density at radius 1 is 1.38 bits per heavy atom. The highest BCUT2D eigenvalue weighted by Crippen LogP contribution is 2.29. The lowest BCUT2D eigenvalue weighted by atomic mass is 9.84. The maximum atomic E-state index is 11.6. The minimum absolute atomic E-state index is 0.0963. The highest BCUT2D eigenvalue weighted by Gasteiger charge is 2.39. The van der Waals surface area contributed by atoms with Crippen molar-refractivity contribution in [1.82, 2.24) is 5.43 Å². The van der Waals surface area contributed by atoms with Crippen LogP contribution in [0.1, 0.15) is 19.4 Å². The van der Waals surface area contributed by atoms with E-state index in [-0.39, 0.29) is 5.91 Å². The van der Waals surface area contributed by atoms with Crippen LogP contribution in [0.2, 0.25) is 0 Å². The van der Waals surface area contributed by atoms with Crippen LogP contribution in [-0.2, 0) is 4.79 Å². The number of amides is 1. The van der Waals surface area contributed by atoms with Crippen LogP contribution in [0.3, 0.4) is 0 Å². The summed E-state index contributed by atoms with van der Waals surface area (Å²) in [4.78, 5) is 11.6. The maximum absolute atomic E-state index is 11.6. The lowest BCUT2D eigenvalue weighted by molar-refractivity contribution is -0.125. The first kappa shape index (κ1) is 11.1. The fourth-order valence-electron chi connectivity index (χ4n) is 1.67. The molecule has 0 bridgehead atoms. The van der Waals surface area contributed by atoms with Gasteiger partial charge < -0.3 is 5.73 Å². The third-order valence-electron chi connectivity index (χ3n) is 2.62. The summed E-state index contributed by atoms with van der Waals surface area (Å²) in [6, 6.07) is 5.52. The fraction of sp³-hybridized carbons (Fsp3) is 0.273. The van der Waals surface area contributed by atoms with Crippen molar-refractivity contribution in [2.24, 2.45) is 10.5 Å². The normalized spacial score (nSPS) is 18.2. The molecule has 0 aromatic heterocycles. The van der Waals surface area contributed by atoms with Crippen molar-refractivity contribution >= 4 is 33.2 Å². The van der Waals surface area contributed by atoms with E-state index in [0.717, 1.165) is 10.0 Å². The molecule has 0 aliphatic carbocycles. The number of carbonyl (C=O) groups excluding carboxylic acids is 1. The van der Waals surface area contributed by atoms with E-state index in [9.17, 15) is 4.79 Å². The summed E-state index contributed by atoms with van der Waals surface area (Å²) in [5.74, 6) is -0.0963. The van der Waals surface area contributed by atoms with Gasteiger partial charge in [0, 0.05) is 15.7 Å². The van der Waals surface area contributed by atoms with Crippen LogP contribution >= 0.6 is 15.9 Å². The van der Waals surface area contributed by atoms with E-state index in [1.54, 1.807) is 6.07 Å². The number of carbonyl (C=O) groups is 1. The average molecular weight is 282 g/mol. The van der Waals surface area contributed by atoms with Gasteiger partial charge in [0.1, 0.15) is 0 Å². The van der Waals surface area contributed by atoms with E-state index >= 15 is 0 Å². The van der Waals surface area contributed by atoms with Gasteiger partial charge in [-0.05, 0) is 32.0 Å². The highest BCUT2D eigenvalue weighted by atomic mass is 79.9. The number of hydrogen-bond donors (Lipinski definition) is 2. The summed E-state index contributed by atoms with van der Waals surface area (Å²) < 4.78 is 0.875. The average Bonchev–Trinajstić information content (AvgIpc) is 2.40. The second kappa shape index (κ2) is 3.59. The van der Waals surface area contributed by atoms with Gasteiger partial charge in [0.15, 0.2) is 0 Å². The Morgan fingerprint density at radius 3 is 2.56 bits per heavy atom. The third-order valence-corrected chi connectivity index (χ3v) is 3.08. The summed E-state index contributed by atoms with van der Waals surface area (Å²) in [7, 11) is 0. The molecule has 1 aliphatic rings. The highest BCUT2D eigenvalue weighted by molar-refractivity contribution is 9.10. The summed E-state index contributed by atoms with van der Waals surface area (Å²) >= 11 is 3.37. The lowest BCUT2D eigenvalue weighted by Crippen LogP contribution is -2.32. The third kappa shape index (κ3) is 1.71. The Labute approximate surface area is 102 Å². The molecule has 0 spiro atoms. The standard InChI is InChI=1S/C11H12BrN3O/c1-11(2)9(14-15-10(11)16)6-3-7(12)5-8(13)4-6/h3-5H,13H2,1-2H3,(H,15,16). The van der Waals surface area contributed by atoms with Gasteiger partial charge in [-0.15, -0.1) is 0 Å². The van der Waals surface area contributed by atoms with Gasteiger partial charge in [-0.3, -0.25) is 4.79 Å². The van der Waals surface area contributed by atoms with Crippen molar-refractivity contribution in [2.45, 2.75) is 13.8 Å². The van der Waals surface area contributed by atoms with Gasteiger partial charge in [0.25, 0.3) is 5.91 Å². The van der Waals surface area contributed by atoms with Crippen molar-refractivity contribution in [2.75, 3.05) is 5.73 Å². The minimum atomic E-state index is -0.618. The Hall–Kier alpha value is -1.36. The van der Waals surface area contributed by atoms with E-state index < -0.39 is 5.41 Å². The van der Waals surface area contributed by atoms with E-state index in [2.05, 4.69) is 26.5 Å². The Kier molecular flexibility index (Phi) is 2.50. The van der Waals surface area contributed by atoms with E-state index in [4.69, 9.17) is 5.73 Å². The SMILES string of the molecule is CC1(C)C(=O)NN=C1c1cc(N)cc(Br)c1. The number of rotatable bonds is 1. The molecule has 2 rings (SSSR count). The van der Waals surface area contributed by atoms with E-state index in [1.165, 1.54) is 0 Å². The molecule has 5 heteroatoms. The van der Waals surface area contributed by atoms with Crippen LogP contribution in [-0.4, -0.2) is 11.6 Å². The summed E-state index contributed by atoms with van der Waals surface area (Å²) in [5.41, 5.74) is 9.84. The number of nitrogens with zero attached hydrogens (tertiary/aromatic N) is 1. The molecule has 1 amide bonds. The molecule has 1 aromatic carbocycles. The maximum Gasteiger partial charge on any atom is 0.251 e. The molecule has 0 radical (unpaired) electrons. The van der Waals surface area contributed by atoms with Crippen molar-refractivity contribution in [1.29, 1.82) is 0 Å². The monoisotopic (exact) mass is 281 g/mol. The molecule has 0 unspecified atom stereocenters. The van der Waals surface area contributed by atoms with Crippen LogP contribution in [0.4, 0.5) is 5.69 Å². The van der Waals surface area contributed by atoms with Crippen molar-refractivity contribution in [3.63, 3.8) is 0 Å². The number of nitrogens with two attached hydrogens (primary N) is 1. The van der Waals surface area contributed by atoms with Gasteiger partial charge in [-0.2, -0.15) is 5.10 Å². The van der Waals surface area contributed by atoms with Gasteiger partial charge in [0.05, 0.1) is 11.1 Å². The number of halogens is 1. The van der Waals surface area contributed by atoms with E-state index in [1.807, 2.05) is 26.0 Å². The molecule has 1 aromatic rings. The summed E-state index contributed by atoms with van der Waals surface area (Å²) in [5, 5.41) is 4.06. The molecule has 0 fully saturated rings. The fourth-order valence-corrected chi connectivity index (χ4v) is 2.18. The molecule has 16 heavy (non-hydrogen) atoms. The molecular weight excluding hydrogens is 270 g/mol. The smallest absolute Gasteiger partial charge is 0.251 e. The van der Waals surface area contributed by atoms with Gasteiger partial charge in [-0.25, -0.2) is 5.43 Å². The number of benzene rings is 1. The minimum Gasteiger partial charge on any atom is -0.399 e. The summed E-state index contributed by atoms with van der Waals surface area (Å²) in [6.45, 7) is 3.68. The van der Waals surface area contributed by atoms with Crippen molar-refractivity contribution < 1.29 is 4.79 Å².